The third-order valence-electron chi connectivity index (χ3n) is 3.33. The van der Waals surface area contributed by atoms with Gasteiger partial charge in [0.15, 0.2) is 0 Å². The summed E-state index contributed by atoms with van der Waals surface area (Å²) < 4.78 is 5.87. The first-order valence-electron chi connectivity index (χ1n) is 6.84. The van der Waals surface area contributed by atoms with Crippen LogP contribution in [0.2, 0.25) is 0 Å². The van der Waals surface area contributed by atoms with E-state index in [0.29, 0.717) is 5.75 Å². The molecule has 0 bridgehead atoms. The highest BCUT2D eigenvalue weighted by Gasteiger charge is 2.13. The molecule has 1 N–H and O–H groups in total. The van der Waals surface area contributed by atoms with Crippen LogP contribution in [0.15, 0.2) is 48.5 Å². The molecular weight excluding hydrogens is 268 g/mol. The van der Waals surface area contributed by atoms with Crippen LogP contribution in [0.5, 0.6) is 11.5 Å². The number of nitrogens with one attached hydrogen (secondary N) is 1. The van der Waals surface area contributed by atoms with Crippen molar-refractivity contribution in [2.45, 2.75) is 19.4 Å². The van der Waals surface area contributed by atoms with Crippen LogP contribution in [0.4, 0.5) is 5.69 Å². The second-order valence-electron chi connectivity index (χ2n) is 4.64. The van der Waals surface area contributed by atoms with Gasteiger partial charge in [0.1, 0.15) is 11.5 Å². The lowest BCUT2D eigenvalue weighted by Gasteiger charge is -2.18. The van der Waals surface area contributed by atoms with Crippen molar-refractivity contribution >= 4 is 5.69 Å². The molecule has 0 saturated carbocycles. The summed E-state index contributed by atoms with van der Waals surface area (Å²) >= 11 is 0. The Kier molecular flexibility index (Phi) is 4.90. The first-order valence-corrected chi connectivity index (χ1v) is 6.84. The molecule has 5 nitrogen and oxygen atoms in total. The molecule has 2 aromatic rings. The predicted molar refractivity (Wildman–Crippen MR) is 81.7 cm³/mol. The average molecular weight is 286 g/mol. The van der Waals surface area contributed by atoms with E-state index in [1.807, 2.05) is 31.3 Å². The largest absolute Gasteiger partial charge is 0.457 e. The lowest BCUT2D eigenvalue weighted by molar-refractivity contribution is -0.384. The first kappa shape index (κ1) is 15.0. The van der Waals surface area contributed by atoms with Crippen LogP contribution < -0.4 is 10.1 Å². The zero-order valence-corrected chi connectivity index (χ0v) is 12.1. The molecule has 2 aromatic carbocycles. The fourth-order valence-corrected chi connectivity index (χ4v) is 2.20. The maximum absolute atomic E-state index is 10.6. The van der Waals surface area contributed by atoms with E-state index in [1.54, 1.807) is 12.1 Å². The summed E-state index contributed by atoms with van der Waals surface area (Å²) in [6.07, 6.45) is 0.942. The first-order chi connectivity index (χ1) is 10.2. The number of nitro benzene ring substituents is 1. The molecule has 5 heteroatoms. The summed E-state index contributed by atoms with van der Waals surface area (Å²) in [5.74, 6) is 1.34. The Balaban J connectivity index is 2.25. The molecule has 0 aliphatic rings. The standard InChI is InChI=1S/C16H18N2O3/c1-3-15(17-2)14-6-4-5-7-16(14)21-13-10-8-12(9-11-13)18(19)20/h4-11,15,17H,3H2,1-2H3. The fraction of sp³-hybridized carbons (Fsp3) is 0.250. The smallest absolute Gasteiger partial charge is 0.269 e. The minimum Gasteiger partial charge on any atom is -0.457 e. The number of nitrogens with zero attached hydrogens (tertiary/aromatic N) is 1. The van der Waals surface area contributed by atoms with E-state index in [1.165, 1.54) is 12.1 Å². The Morgan fingerprint density at radius 1 is 1.19 bits per heavy atom. The van der Waals surface area contributed by atoms with E-state index >= 15 is 0 Å². The Morgan fingerprint density at radius 2 is 1.86 bits per heavy atom. The van der Waals surface area contributed by atoms with Crippen molar-refractivity contribution in [1.82, 2.24) is 5.32 Å². The lowest BCUT2D eigenvalue weighted by Crippen LogP contribution is -2.15. The van der Waals surface area contributed by atoms with Gasteiger partial charge in [-0.2, -0.15) is 0 Å². The monoisotopic (exact) mass is 286 g/mol. The Hall–Kier alpha value is -2.40. The highest BCUT2D eigenvalue weighted by atomic mass is 16.6. The molecule has 0 amide bonds. The maximum Gasteiger partial charge on any atom is 0.269 e. The van der Waals surface area contributed by atoms with Crippen LogP contribution in [0, 0.1) is 10.1 Å². The van der Waals surface area contributed by atoms with E-state index in [4.69, 9.17) is 4.74 Å². The summed E-state index contributed by atoms with van der Waals surface area (Å²) in [5.41, 5.74) is 1.12. The Morgan fingerprint density at radius 3 is 2.43 bits per heavy atom. The minimum absolute atomic E-state index is 0.0531. The summed E-state index contributed by atoms with van der Waals surface area (Å²) in [6, 6.07) is 14.1. The van der Waals surface area contributed by atoms with Crippen LogP contribution >= 0.6 is 0 Å². The van der Waals surface area contributed by atoms with Gasteiger partial charge in [-0.15, -0.1) is 0 Å². The van der Waals surface area contributed by atoms with Gasteiger partial charge in [0.05, 0.1) is 4.92 Å². The molecule has 0 aliphatic heterocycles. The van der Waals surface area contributed by atoms with Gasteiger partial charge in [-0.3, -0.25) is 10.1 Å². The molecule has 1 atom stereocenters. The second-order valence-corrected chi connectivity index (χ2v) is 4.64. The van der Waals surface area contributed by atoms with Crippen LogP contribution in [-0.4, -0.2) is 12.0 Å². The summed E-state index contributed by atoms with van der Waals surface area (Å²) in [7, 11) is 1.91. The topological polar surface area (TPSA) is 64.4 Å². The van der Waals surface area contributed by atoms with Gasteiger partial charge in [-0.25, -0.2) is 0 Å². The van der Waals surface area contributed by atoms with Crippen LogP contribution in [0.1, 0.15) is 24.9 Å². The molecule has 110 valence electrons. The SMILES string of the molecule is CCC(NC)c1ccccc1Oc1ccc([N+](=O)[O-])cc1. The second kappa shape index (κ2) is 6.85. The lowest BCUT2D eigenvalue weighted by atomic mass is 10.0. The molecular formula is C16H18N2O3. The maximum atomic E-state index is 10.6. The van der Waals surface area contributed by atoms with E-state index < -0.39 is 4.92 Å². The Labute approximate surface area is 123 Å². The van der Waals surface area contributed by atoms with Gasteiger partial charge in [-0.05, 0) is 31.7 Å². The van der Waals surface area contributed by atoms with Crippen molar-refractivity contribution in [2.24, 2.45) is 0 Å². The zero-order chi connectivity index (χ0) is 15.2. The van der Waals surface area contributed by atoms with E-state index in [2.05, 4.69) is 12.2 Å². The minimum atomic E-state index is -0.425. The molecule has 0 saturated heterocycles. The number of ether oxygens (including phenoxy) is 1. The number of hydrogen-bond acceptors (Lipinski definition) is 4. The predicted octanol–water partition coefficient (Wildman–Crippen LogP) is 4.06. The van der Waals surface area contributed by atoms with Crippen LogP contribution in [-0.2, 0) is 0 Å². The van der Waals surface area contributed by atoms with Gasteiger partial charge in [-0.1, -0.05) is 25.1 Å². The van der Waals surface area contributed by atoms with Gasteiger partial charge in [0.2, 0.25) is 0 Å². The summed E-state index contributed by atoms with van der Waals surface area (Å²) in [6.45, 7) is 2.10. The van der Waals surface area contributed by atoms with Crippen molar-refractivity contribution in [2.75, 3.05) is 7.05 Å². The molecule has 21 heavy (non-hydrogen) atoms. The fourth-order valence-electron chi connectivity index (χ4n) is 2.20. The third-order valence-corrected chi connectivity index (χ3v) is 3.33. The van der Waals surface area contributed by atoms with Gasteiger partial charge in [0, 0.05) is 23.7 Å². The van der Waals surface area contributed by atoms with Crippen LogP contribution in [0.3, 0.4) is 0 Å². The molecule has 0 heterocycles. The number of para-hydroxylation sites is 1. The number of non-ortho nitro benzene ring substituents is 1. The zero-order valence-electron chi connectivity index (χ0n) is 12.1. The highest BCUT2D eigenvalue weighted by Crippen LogP contribution is 2.31. The van der Waals surface area contributed by atoms with Gasteiger partial charge >= 0.3 is 0 Å². The molecule has 0 radical (unpaired) electrons. The summed E-state index contributed by atoms with van der Waals surface area (Å²) in [4.78, 5) is 10.2. The van der Waals surface area contributed by atoms with E-state index in [9.17, 15) is 10.1 Å². The third kappa shape index (κ3) is 3.58. The molecule has 0 aliphatic carbocycles. The van der Waals surface area contributed by atoms with Gasteiger partial charge < -0.3 is 10.1 Å². The van der Waals surface area contributed by atoms with E-state index in [-0.39, 0.29) is 11.7 Å². The van der Waals surface area contributed by atoms with Crippen molar-refractivity contribution in [1.29, 1.82) is 0 Å². The normalized spacial score (nSPS) is 11.9. The highest BCUT2D eigenvalue weighted by molar-refractivity contribution is 5.42. The summed E-state index contributed by atoms with van der Waals surface area (Å²) in [5, 5.41) is 13.9. The van der Waals surface area contributed by atoms with Crippen molar-refractivity contribution in [3.05, 3.63) is 64.2 Å². The van der Waals surface area contributed by atoms with Crippen LogP contribution in [0.25, 0.3) is 0 Å². The molecule has 1 unspecified atom stereocenters. The van der Waals surface area contributed by atoms with Crippen molar-refractivity contribution in [3.8, 4) is 11.5 Å². The van der Waals surface area contributed by atoms with Crippen molar-refractivity contribution < 1.29 is 9.66 Å². The molecule has 0 spiro atoms. The number of rotatable bonds is 6. The van der Waals surface area contributed by atoms with Gasteiger partial charge in [0.25, 0.3) is 5.69 Å². The number of nitro groups is 1. The molecule has 0 fully saturated rings. The van der Waals surface area contributed by atoms with Crippen molar-refractivity contribution in [3.63, 3.8) is 0 Å². The quantitative estimate of drug-likeness (QED) is 0.642. The average Bonchev–Trinajstić information content (AvgIpc) is 2.50. The Bertz CT molecular complexity index is 607. The molecule has 2 rings (SSSR count). The molecule has 0 aromatic heterocycles. The van der Waals surface area contributed by atoms with E-state index in [0.717, 1.165) is 17.7 Å². The number of hydrogen-bond donors (Lipinski definition) is 1. The number of benzene rings is 2.